The van der Waals surface area contributed by atoms with Crippen molar-refractivity contribution in [3.63, 3.8) is 0 Å². The van der Waals surface area contributed by atoms with Gasteiger partial charge in [-0.25, -0.2) is 4.98 Å². The van der Waals surface area contributed by atoms with Crippen LogP contribution in [0.5, 0.6) is 0 Å². The summed E-state index contributed by atoms with van der Waals surface area (Å²) in [5, 5.41) is 3.50. The zero-order valence-corrected chi connectivity index (χ0v) is 9.87. The summed E-state index contributed by atoms with van der Waals surface area (Å²) in [6, 6.07) is 6.53. The second kappa shape index (κ2) is 3.61. The maximum atomic E-state index is 4.50. The van der Waals surface area contributed by atoms with Crippen molar-refractivity contribution >= 4 is 21.6 Å². The number of hydrogen-bond donors (Lipinski definition) is 1. The molecule has 0 amide bonds. The van der Waals surface area contributed by atoms with Crippen LogP contribution in [0.3, 0.4) is 0 Å². The van der Waals surface area contributed by atoms with Crippen molar-refractivity contribution in [3.8, 4) is 0 Å². The van der Waals surface area contributed by atoms with Crippen molar-refractivity contribution in [2.24, 2.45) is 0 Å². The highest BCUT2D eigenvalue weighted by Gasteiger charge is 2.22. The summed E-state index contributed by atoms with van der Waals surface area (Å²) in [5.74, 6) is 0. The fourth-order valence-corrected chi connectivity index (χ4v) is 2.86. The normalized spacial score (nSPS) is 21.3. The van der Waals surface area contributed by atoms with Crippen LogP contribution in [-0.2, 0) is 0 Å². The topological polar surface area (TPSA) is 29.3 Å². The molecule has 1 fully saturated rings. The number of hydrogen-bond acceptors (Lipinski definition) is 2. The molecule has 78 valence electrons. The van der Waals surface area contributed by atoms with Gasteiger partial charge in [-0.1, -0.05) is 6.07 Å². The molecule has 1 N–H and O–H groups in total. The summed E-state index contributed by atoms with van der Waals surface area (Å²) in [5.41, 5.74) is 2.26. The van der Waals surface area contributed by atoms with E-state index in [0.717, 1.165) is 16.8 Å². The SMILES string of the molecule is Brc1nc2ccccn2c1C1CCCN1. The third-order valence-electron chi connectivity index (χ3n) is 2.91. The van der Waals surface area contributed by atoms with Crippen LogP contribution in [0.2, 0.25) is 0 Å². The van der Waals surface area contributed by atoms with Gasteiger partial charge in [0, 0.05) is 6.20 Å². The first-order chi connectivity index (χ1) is 7.36. The lowest BCUT2D eigenvalue weighted by molar-refractivity contribution is 0.619. The molecule has 3 rings (SSSR count). The van der Waals surface area contributed by atoms with Crippen LogP contribution in [0.4, 0.5) is 0 Å². The lowest BCUT2D eigenvalue weighted by Gasteiger charge is -2.10. The van der Waals surface area contributed by atoms with Gasteiger partial charge in [0.25, 0.3) is 0 Å². The molecule has 1 atom stereocenters. The highest BCUT2D eigenvalue weighted by Crippen LogP contribution is 2.29. The van der Waals surface area contributed by atoms with E-state index < -0.39 is 0 Å². The molecule has 0 radical (unpaired) electrons. The predicted octanol–water partition coefficient (Wildman–Crippen LogP) is 2.52. The monoisotopic (exact) mass is 265 g/mol. The van der Waals surface area contributed by atoms with Gasteiger partial charge in [-0.3, -0.25) is 0 Å². The molecule has 3 heterocycles. The van der Waals surface area contributed by atoms with E-state index in [1.54, 1.807) is 0 Å². The van der Waals surface area contributed by atoms with E-state index in [0.29, 0.717) is 6.04 Å². The van der Waals surface area contributed by atoms with Crippen LogP contribution in [-0.4, -0.2) is 15.9 Å². The van der Waals surface area contributed by atoms with Crippen LogP contribution in [0.15, 0.2) is 29.0 Å². The van der Waals surface area contributed by atoms with Gasteiger partial charge in [0.05, 0.1) is 11.7 Å². The molecule has 2 aromatic heterocycles. The van der Waals surface area contributed by atoms with Crippen molar-refractivity contribution in [3.05, 3.63) is 34.7 Å². The number of rotatable bonds is 1. The molecule has 0 spiro atoms. The van der Waals surface area contributed by atoms with Gasteiger partial charge in [-0.2, -0.15) is 0 Å². The lowest BCUT2D eigenvalue weighted by atomic mass is 10.2. The van der Waals surface area contributed by atoms with E-state index in [1.807, 2.05) is 18.2 Å². The summed E-state index contributed by atoms with van der Waals surface area (Å²) >= 11 is 3.55. The number of pyridine rings is 1. The van der Waals surface area contributed by atoms with Crippen LogP contribution < -0.4 is 5.32 Å². The average molecular weight is 266 g/mol. The van der Waals surface area contributed by atoms with E-state index in [4.69, 9.17) is 0 Å². The Bertz CT molecular complexity index is 486. The van der Waals surface area contributed by atoms with E-state index in [2.05, 4.69) is 36.8 Å². The minimum Gasteiger partial charge on any atom is -0.309 e. The first kappa shape index (κ1) is 9.36. The maximum Gasteiger partial charge on any atom is 0.138 e. The molecule has 0 aliphatic carbocycles. The molecule has 0 aromatic carbocycles. The van der Waals surface area contributed by atoms with Crippen LogP contribution in [0.1, 0.15) is 24.6 Å². The Balaban J connectivity index is 2.19. The van der Waals surface area contributed by atoms with Crippen LogP contribution in [0, 0.1) is 0 Å². The second-order valence-corrected chi connectivity index (χ2v) is 4.62. The Morgan fingerprint density at radius 1 is 1.47 bits per heavy atom. The molecule has 1 unspecified atom stereocenters. The van der Waals surface area contributed by atoms with E-state index in [1.165, 1.54) is 18.5 Å². The highest BCUT2D eigenvalue weighted by atomic mass is 79.9. The maximum absolute atomic E-state index is 4.50. The molecular weight excluding hydrogens is 254 g/mol. The molecule has 2 aromatic rings. The van der Waals surface area contributed by atoms with Gasteiger partial charge in [-0.05, 0) is 47.4 Å². The van der Waals surface area contributed by atoms with Crippen LogP contribution >= 0.6 is 15.9 Å². The fourth-order valence-electron chi connectivity index (χ4n) is 2.22. The number of fused-ring (bicyclic) bond motifs is 1. The summed E-state index contributed by atoms with van der Waals surface area (Å²) in [6.45, 7) is 1.11. The lowest BCUT2D eigenvalue weighted by Crippen LogP contribution is -2.15. The number of aromatic nitrogens is 2. The Morgan fingerprint density at radius 3 is 3.20 bits per heavy atom. The number of halogens is 1. The zero-order chi connectivity index (χ0) is 10.3. The fraction of sp³-hybridized carbons (Fsp3) is 0.364. The van der Waals surface area contributed by atoms with Crippen molar-refractivity contribution < 1.29 is 0 Å². The summed E-state index contributed by atoms with van der Waals surface area (Å²) in [6.07, 6.45) is 4.51. The third kappa shape index (κ3) is 1.48. The molecule has 0 bridgehead atoms. The standard InChI is InChI=1S/C11H12BrN3/c12-11-10(8-4-3-6-13-8)15-7-2-1-5-9(15)14-11/h1-2,5,7-8,13H,3-4,6H2. The number of nitrogens with one attached hydrogen (secondary N) is 1. The third-order valence-corrected chi connectivity index (χ3v) is 3.50. The molecule has 0 saturated carbocycles. The highest BCUT2D eigenvalue weighted by molar-refractivity contribution is 9.10. The van der Waals surface area contributed by atoms with Gasteiger partial charge >= 0.3 is 0 Å². The zero-order valence-electron chi connectivity index (χ0n) is 8.28. The van der Waals surface area contributed by atoms with E-state index >= 15 is 0 Å². The average Bonchev–Trinajstić information content (AvgIpc) is 2.82. The first-order valence-corrected chi connectivity index (χ1v) is 6.01. The molecule has 15 heavy (non-hydrogen) atoms. The van der Waals surface area contributed by atoms with Crippen LogP contribution in [0.25, 0.3) is 5.65 Å². The van der Waals surface area contributed by atoms with Crippen molar-refractivity contribution in [2.75, 3.05) is 6.54 Å². The smallest absolute Gasteiger partial charge is 0.138 e. The first-order valence-electron chi connectivity index (χ1n) is 5.22. The van der Waals surface area contributed by atoms with Crippen molar-refractivity contribution in [1.29, 1.82) is 0 Å². The summed E-state index contributed by atoms with van der Waals surface area (Å²) < 4.78 is 3.13. The Morgan fingerprint density at radius 2 is 2.40 bits per heavy atom. The van der Waals surface area contributed by atoms with Gasteiger partial charge < -0.3 is 9.72 Å². The molecule has 1 aliphatic heterocycles. The Hall–Kier alpha value is -0.870. The summed E-state index contributed by atoms with van der Waals surface area (Å²) in [4.78, 5) is 4.50. The second-order valence-electron chi connectivity index (χ2n) is 3.87. The van der Waals surface area contributed by atoms with Crippen molar-refractivity contribution in [1.82, 2.24) is 14.7 Å². The Kier molecular flexibility index (Phi) is 2.25. The summed E-state index contributed by atoms with van der Waals surface area (Å²) in [7, 11) is 0. The van der Waals surface area contributed by atoms with Gasteiger partial charge in [0.2, 0.25) is 0 Å². The molecule has 1 aliphatic rings. The minimum atomic E-state index is 0.441. The van der Waals surface area contributed by atoms with Gasteiger partial charge in [0.1, 0.15) is 10.3 Å². The number of imidazole rings is 1. The van der Waals surface area contributed by atoms with Gasteiger partial charge in [0.15, 0.2) is 0 Å². The minimum absolute atomic E-state index is 0.441. The quantitative estimate of drug-likeness (QED) is 0.859. The molecule has 4 heteroatoms. The number of nitrogens with zero attached hydrogens (tertiary/aromatic N) is 2. The van der Waals surface area contributed by atoms with E-state index in [9.17, 15) is 0 Å². The van der Waals surface area contributed by atoms with Crippen molar-refractivity contribution in [2.45, 2.75) is 18.9 Å². The molecule has 3 nitrogen and oxygen atoms in total. The van der Waals surface area contributed by atoms with Gasteiger partial charge in [-0.15, -0.1) is 0 Å². The Labute approximate surface area is 96.6 Å². The molecular formula is C11H12BrN3. The molecule has 1 saturated heterocycles. The predicted molar refractivity (Wildman–Crippen MR) is 62.9 cm³/mol. The van der Waals surface area contributed by atoms with E-state index in [-0.39, 0.29) is 0 Å². The largest absolute Gasteiger partial charge is 0.309 e.